The van der Waals surface area contributed by atoms with Crippen LogP contribution in [-0.2, 0) is 6.61 Å². The van der Waals surface area contributed by atoms with Crippen molar-refractivity contribution in [2.24, 2.45) is 0 Å². The summed E-state index contributed by atoms with van der Waals surface area (Å²) in [5.41, 5.74) is 5.03. The van der Waals surface area contributed by atoms with Crippen molar-refractivity contribution in [1.82, 2.24) is 9.38 Å². The SMILES string of the molecule is Cc1ccc(-c2cn3ccc(CO)cc3n2)cc1. The largest absolute Gasteiger partial charge is 0.392 e. The molecule has 1 N–H and O–H groups in total. The normalized spacial score (nSPS) is 11.0. The third-order valence-electron chi connectivity index (χ3n) is 3.05. The van der Waals surface area contributed by atoms with Gasteiger partial charge in [0, 0.05) is 18.0 Å². The van der Waals surface area contributed by atoms with Crippen LogP contribution in [0.25, 0.3) is 16.9 Å². The van der Waals surface area contributed by atoms with E-state index < -0.39 is 0 Å². The first kappa shape index (κ1) is 11.0. The molecule has 0 atom stereocenters. The molecule has 0 unspecified atom stereocenters. The van der Waals surface area contributed by atoms with Gasteiger partial charge in [-0.15, -0.1) is 0 Å². The molecule has 0 fully saturated rings. The summed E-state index contributed by atoms with van der Waals surface area (Å²) < 4.78 is 1.97. The maximum absolute atomic E-state index is 9.11. The van der Waals surface area contributed by atoms with Gasteiger partial charge in [0.1, 0.15) is 5.65 Å². The molecule has 3 heteroatoms. The Bertz CT molecular complexity index is 683. The lowest BCUT2D eigenvalue weighted by Crippen LogP contribution is -1.87. The van der Waals surface area contributed by atoms with Crippen molar-refractivity contribution in [2.45, 2.75) is 13.5 Å². The van der Waals surface area contributed by atoms with Crippen LogP contribution in [0.4, 0.5) is 0 Å². The van der Waals surface area contributed by atoms with Crippen molar-refractivity contribution in [1.29, 1.82) is 0 Å². The Morgan fingerprint density at radius 2 is 1.94 bits per heavy atom. The predicted octanol–water partition coefficient (Wildman–Crippen LogP) is 2.80. The fourth-order valence-electron chi connectivity index (χ4n) is 1.99. The van der Waals surface area contributed by atoms with Crippen LogP contribution in [0.3, 0.4) is 0 Å². The Morgan fingerprint density at radius 3 is 2.67 bits per heavy atom. The number of benzene rings is 1. The molecule has 3 aromatic rings. The average molecular weight is 238 g/mol. The minimum Gasteiger partial charge on any atom is -0.392 e. The number of aliphatic hydroxyl groups excluding tert-OH is 1. The minimum absolute atomic E-state index is 0.0449. The zero-order valence-electron chi connectivity index (χ0n) is 10.2. The van der Waals surface area contributed by atoms with Gasteiger partial charge in [-0.25, -0.2) is 4.98 Å². The third kappa shape index (κ3) is 1.89. The second-order valence-electron chi connectivity index (χ2n) is 4.45. The summed E-state index contributed by atoms with van der Waals surface area (Å²) in [5, 5.41) is 9.11. The predicted molar refractivity (Wildman–Crippen MR) is 71.3 cm³/mol. The number of aliphatic hydroxyl groups is 1. The molecule has 0 spiro atoms. The molecule has 0 aliphatic rings. The van der Waals surface area contributed by atoms with Gasteiger partial charge in [0.2, 0.25) is 0 Å². The molecule has 2 heterocycles. The number of imidazole rings is 1. The van der Waals surface area contributed by atoms with Crippen LogP contribution in [0.2, 0.25) is 0 Å². The van der Waals surface area contributed by atoms with Crippen LogP contribution >= 0.6 is 0 Å². The van der Waals surface area contributed by atoms with E-state index >= 15 is 0 Å². The lowest BCUT2D eigenvalue weighted by molar-refractivity contribution is 0.282. The first-order chi connectivity index (χ1) is 8.76. The van der Waals surface area contributed by atoms with E-state index in [0.29, 0.717) is 0 Å². The average Bonchev–Trinajstić information content (AvgIpc) is 2.82. The van der Waals surface area contributed by atoms with Gasteiger partial charge in [-0.3, -0.25) is 0 Å². The fraction of sp³-hybridized carbons (Fsp3) is 0.133. The Balaban J connectivity index is 2.10. The van der Waals surface area contributed by atoms with Gasteiger partial charge in [-0.2, -0.15) is 0 Å². The Labute approximate surface area is 105 Å². The Hall–Kier alpha value is -2.13. The lowest BCUT2D eigenvalue weighted by Gasteiger charge is -1.96. The van der Waals surface area contributed by atoms with Crippen molar-refractivity contribution in [3.63, 3.8) is 0 Å². The van der Waals surface area contributed by atoms with E-state index in [1.807, 2.05) is 28.9 Å². The van der Waals surface area contributed by atoms with Gasteiger partial charge >= 0.3 is 0 Å². The summed E-state index contributed by atoms with van der Waals surface area (Å²) >= 11 is 0. The number of hydrogen-bond donors (Lipinski definition) is 1. The van der Waals surface area contributed by atoms with Crippen LogP contribution in [-0.4, -0.2) is 14.5 Å². The molecule has 0 radical (unpaired) electrons. The van der Waals surface area contributed by atoms with Crippen LogP contribution in [0.15, 0.2) is 48.8 Å². The van der Waals surface area contributed by atoms with E-state index in [9.17, 15) is 0 Å². The van der Waals surface area contributed by atoms with Gasteiger partial charge in [-0.1, -0.05) is 29.8 Å². The van der Waals surface area contributed by atoms with Gasteiger partial charge in [0.15, 0.2) is 0 Å². The standard InChI is InChI=1S/C15H14N2O/c1-11-2-4-13(5-3-11)14-9-17-7-6-12(10-18)8-15(17)16-14/h2-9,18H,10H2,1H3. The van der Waals surface area contributed by atoms with Gasteiger partial charge in [0.25, 0.3) is 0 Å². The molecular formula is C15H14N2O. The van der Waals surface area contributed by atoms with E-state index in [1.54, 1.807) is 0 Å². The quantitative estimate of drug-likeness (QED) is 0.745. The summed E-state index contributed by atoms with van der Waals surface area (Å²) in [6.07, 6.45) is 3.92. The zero-order chi connectivity index (χ0) is 12.5. The summed E-state index contributed by atoms with van der Waals surface area (Å²) in [4.78, 5) is 4.57. The summed E-state index contributed by atoms with van der Waals surface area (Å²) in [6, 6.07) is 12.1. The maximum Gasteiger partial charge on any atom is 0.137 e. The Morgan fingerprint density at radius 1 is 1.17 bits per heavy atom. The van der Waals surface area contributed by atoms with Crippen molar-refractivity contribution >= 4 is 5.65 Å². The third-order valence-corrected chi connectivity index (χ3v) is 3.05. The van der Waals surface area contributed by atoms with E-state index in [-0.39, 0.29) is 6.61 Å². The monoisotopic (exact) mass is 238 g/mol. The lowest BCUT2D eigenvalue weighted by atomic mass is 10.1. The first-order valence-electron chi connectivity index (χ1n) is 5.92. The molecule has 0 saturated heterocycles. The molecule has 18 heavy (non-hydrogen) atoms. The number of pyridine rings is 1. The highest BCUT2D eigenvalue weighted by atomic mass is 16.3. The molecule has 0 amide bonds. The molecular weight excluding hydrogens is 224 g/mol. The van der Waals surface area contributed by atoms with Gasteiger partial charge in [-0.05, 0) is 24.6 Å². The van der Waals surface area contributed by atoms with Crippen LogP contribution in [0.5, 0.6) is 0 Å². The molecule has 0 saturated carbocycles. The zero-order valence-corrected chi connectivity index (χ0v) is 10.2. The van der Waals surface area contributed by atoms with Crippen LogP contribution in [0, 0.1) is 6.92 Å². The van der Waals surface area contributed by atoms with E-state index in [4.69, 9.17) is 5.11 Å². The second kappa shape index (κ2) is 4.27. The topological polar surface area (TPSA) is 37.5 Å². The summed E-state index contributed by atoms with van der Waals surface area (Å²) in [7, 11) is 0. The van der Waals surface area contributed by atoms with E-state index in [0.717, 1.165) is 22.5 Å². The number of rotatable bonds is 2. The molecule has 1 aromatic carbocycles. The van der Waals surface area contributed by atoms with Crippen molar-refractivity contribution < 1.29 is 5.11 Å². The van der Waals surface area contributed by atoms with E-state index in [1.165, 1.54) is 5.56 Å². The van der Waals surface area contributed by atoms with Crippen LogP contribution in [0.1, 0.15) is 11.1 Å². The highest BCUT2D eigenvalue weighted by molar-refractivity contribution is 5.63. The smallest absolute Gasteiger partial charge is 0.137 e. The molecule has 3 nitrogen and oxygen atoms in total. The van der Waals surface area contributed by atoms with Crippen molar-refractivity contribution in [3.8, 4) is 11.3 Å². The van der Waals surface area contributed by atoms with Crippen molar-refractivity contribution in [2.75, 3.05) is 0 Å². The summed E-state index contributed by atoms with van der Waals surface area (Å²) in [6.45, 7) is 2.12. The maximum atomic E-state index is 9.11. The fourth-order valence-corrected chi connectivity index (χ4v) is 1.99. The van der Waals surface area contributed by atoms with Crippen molar-refractivity contribution in [3.05, 3.63) is 59.9 Å². The van der Waals surface area contributed by atoms with E-state index in [2.05, 4.69) is 36.2 Å². The molecule has 0 bridgehead atoms. The van der Waals surface area contributed by atoms with Gasteiger partial charge < -0.3 is 9.51 Å². The molecule has 0 aliphatic heterocycles. The highest BCUT2D eigenvalue weighted by Crippen LogP contribution is 2.20. The minimum atomic E-state index is 0.0449. The van der Waals surface area contributed by atoms with Gasteiger partial charge in [0.05, 0.1) is 12.3 Å². The van der Waals surface area contributed by atoms with Crippen LogP contribution < -0.4 is 0 Å². The molecule has 0 aliphatic carbocycles. The molecule has 2 aromatic heterocycles. The number of nitrogens with zero attached hydrogens (tertiary/aromatic N) is 2. The number of aromatic nitrogens is 2. The number of fused-ring (bicyclic) bond motifs is 1. The second-order valence-corrected chi connectivity index (χ2v) is 4.45. The first-order valence-corrected chi connectivity index (χ1v) is 5.92. The summed E-state index contributed by atoms with van der Waals surface area (Å²) in [5.74, 6) is 0. The molecule has 90 valence electrons. The number of hydrogen-bond acceptors (Lipinski definition) is 2. The highest BCUT2D eigenvalue weighted by Gasteiger charge is 2.04. The molecule has 3 rings (SSSR count). The Kier molecular flexibility index (Phi) is 2.61. The number of aryl methyl sites for hydroxylation is 1.